The number of rotatable bonds is 3. The Bertz CT molecular complexity index is 686. The molecule has 0 aliphatic carbocycles. The van der Waals surface area contributed by atoms with Gasteiger partial charge < -0.3 is 14.3 Å². The molecule has 92 valence electrons. The number of hydrogen-bond acceptors (Lipinski definition) is 6. The second-order valence-electron chi connectivity index (χ2n) is 3.95. The van der Waals surface area contributed by atoms with Crippen LogP contribution in [-0.2, 0) is 13.6 Å². The van der Waals surface area contributed by atoms with Gasteiger partial charge in [-0.05, 0) is 6.07 Å². The van der Waals surface area contributed by atoms with Crippen LogP contribution in [0.2, 0.25) is 0 Å². The summed E-state index contributed by atoms with van der Waals surface area (Å²) < 4.78 is 7.23. The van der Waals surface area contributed by atoms with Crippen LogP contribution in [0.25, 0.3) is 11.0 Å². The number of nitrogens with one attached hydrogen (secondary N) is 1. The third-order valence-electron chi connectivity index (χ3n) is 2.64. The second-order valence-corrected chi connectivity index (χ2v) is 3.95. The molecule has 0 atom stereocenters. The predicted molar refractivity (Wildman–Crippen MR) is 64.9 cm³/mol. The molecule has 3 aromatic heterocycles. The number of aromatic nitrogens is 5. The summed E-state index contributed by atoms with van der Waals surface area (Å²) in [6, 6.07) is 1.97. The van der Waals surface area contributed by atoms with Crippen molar-refractivity contribution in [3.05, 3.63) is 30.4 Å². The topological polar surface area (TPSA) is 81.7 Å². The number of nitrogens with zero attached hydrogens (tertiary/aromatic N) is 5. The number of fused-ring (bicyclic) bond motifs is 1. The van der Waals surface area contributed by atoms with E-state index in [1.165, 1.54) is 6.33 Å². The van der Waals surface area contributed by atoms with Crippen LogP contribution in [0, 0.1) is 6.92 Å². The summed E-state index contributed by atoms with van der Waals surface area (Å²) in [5.74, 6) is 1.85. The molecule has 0 saturated heterocycles. The predicted octanol–water partition coefficient (Wildman–Crippen LogP) is 1.27. The Hall–Kier alpha value is -2.44. The van der Waals surface area contributed by atoms with Gasteiger partial charge in [0.15, 0.2) is 0 Å². The lowest BCUT2D eigenvalue weighted by molar-refractivity contribution is 0.474. The molecule has 1 N–H and O–H groups in total. The molecular weight excluding hydrogens is 232 g/mol. The number of anilines is 1. The number of aryl methyl sites for hydroxylation is 2. The molecule has 7 nitrogen and oxygen atoms in total. The van der Waals surface area contributed by atoms with Crippen molar-refractivity contribution in [2.75, 3.05) is 5.32 Å². The van der Waals surface area contributed by atoms with E-state index in [0.29, 0.717) is 18.3 Å². The molecule has 0 unspecified atom stereocenters. The zero-order valence-corrected chi connectivity index (χ0v) is 10.1. The third-order valence-corrected chi connectivity index (χ3v) is 2.64. The molecule has 0 amide bonds. The average Bonchev–Trinajstić information content (AvgIpc) is 2.94. The maximum Gasteiger partial charge on any atom is 0.235 e. The first-order valence-corrected chi connectivity index (χ1v) is 5.53. The van der Waals surface area contributed by atoms with E-state index >= 15 is 0 Å². The number of hydrogen-bond donors (Lipinski definition) is 1. The van der Waals surface area contributed by atoms with Gasteiger partial charge in [0.05, 0.1) is 11.9 Å². The van der Waals surface area contributed by atoms with E-state index < -0.39 is 0 Å². The summed E-state index contributed by atoms with van der Waals surface area (Å²) in [5.41, 5.74) is 0.884. The fraction of sp³-hybridized carbons (Fsp3) is 0.273. The lowest BCUT2D eigenvalue weighted by Crippen LogP contribution is -2.03. The van der Waals surface area contributed by atoms with Gasteiger partial charge in [0.25, 0.3) is 0 Å². The van der Waals surface area contributed by atoms with Crippen LogP contribution in [0.5, 0.6) is 0 Å². The Balaban J connectivity index is 1.86. The van der Waals surface area contributed by atoms with Gasteiger partial charge in [-0.2, -0.15) is 0 Å². The SMILES string of the molecule is Cc1nnc(CNc2ncnc3c2ccn3C)o1. The largest absolute Gasteiger partial charge is 0.424 e. The normalized spacial score (nSPS) is 11.0. The van der Waals surface area contributed by atoms with Gasteiger partial charge in [-0.3, -0.25) is 0 Å². The molecule has 18 heavy (non-hydrogen) atoms. The lowest BCUT2D eigenvalue weighted by atomic mass is 10.4. The highest BCUT2D eigenvalue weighted by Gasteiger charge is 2.07. The van der Waals surface area contributed by atoms with Gasteiger partial charge in [-0.1, -0.05) is 0 Å². The van der Waals surface area contributed by atoms with Crippen LogP contribution < -0.4 is 5.32 Å². The molecule has 7 heteroatoms. The van der Waals surface area contributed by atoms with Crippen LogP contribution in [0.3, 0.4) is 0 Å². The average molecular weight is 244 g/mol. The Morgan fingerprint density at radius 3 is 3.00 bits per heavy atom. The second kappa shape index (κ2) is 4.10. The molecule has 3 heterocycles. The van der Waals surface area contributed by atoms with E-state index in [2.05, 4.69) is 25.5 Å². The van der Waals surface area contributed by atoms with Crippen LogP contribution in [-0.4, -0.2) is 24.7 Å². The minimum absolute atomic E-state index is 0.446. The molecule has 0 aliphatic rings. The zero-order valence-electron chi connectivity index (χ0n) is 10.1. The van der Waals surface area contributed by atoms with Crippen molar-refractivity contribution in [2.24, 2.45) is 7.05 Å². The zero-order chi connectivity index (χ0) is 12.5. The Morgan fingerprint density at radius 1 is 1.33 bits per heavy atom. The van der Waals surface area contributed by atoms with Crippen molar-refractivity contribution in [1.82, 2.24) is 24.7 Å². The summed E-state index contributed by atoms with van der Waals surface area (Å²) in [6.45, 7) is 2.21. The molecule has 0 bridgehead atoms. The van der Waals surface area contributed by atoms with E-state index in [4.69, 9.17) is 4.42 Å². The molecule has 0 saturated carbocycles. The van der Waals surface area contributed by atoms with Crippen molar-refractivity contribution < 1.29 is 4.42 Å². The maximum atomic E-state index is 5.29. The maximum absolute atomic E-state index is 5.29. The third kappa shape index (κ3) is 1.79. The lowest BCUT2D eigenvalue weighted by Gasteiger charge is -2.03. The first-order valence-electron chi connectivity index (χ1n) is 5.53. The fourth-order valence-electron chi connectivity index (χ4n) is 1.79. The van der Waals surface area contributed by atoms with Crippen molar-refractivity contribution in [1.29, 1.82) is 0 Å². The first kappa shape index (κ1) is 10.7. The highest BCUT2D eigenvalue weighted by Crippen LogP contribution is 2.19. The summed E-state index contributed by atoms with van der Waals surface area (Å²) in [4.78, 5) is 8.44. The quantitative estimate of drug-likeness (QED) is 0.747. The molecule has 3 rings (SSSR count). The Morgan fingerprint density at radius 2 is 2.22 bits per heavy atom. The summed E-state index contributed by atoms with van der Waals surface area (Å²) in [6.07, 6.45) is 3.48. The fourth-order valence-corrected chi connectivity index (χ4v) is 1.79. The molecule has 0 fully saturated rings. The standard InChI is InChI=1S/C11H12N6O/c1-7-15-16-9(18-7)5-12-10-8-3-4-17(2)11(8)14-6-13-10/h3-4,6H,5H2,1-2H3,(H,12,13,14). The highest BCUT2D eigenvalue weighted by atomic mass is 16.4. The van der Waals surface area contributed by atoms with Crippen LogP contribution in [0.1, 0.15) is 11.8 Å². The van der Waals surface area contributed by atoms with Crippen molar-refractivity contribution >= 4 is 16.9 Å². The van der Waals surface area contributed by atoms with Gasteiger partial charge in [0.2, 0.25) is 11.8 Å². The van der Waals surface area contributed by atoms with Gasteiger partial charge in [-0.25, -0.2) is 9.97 Å². The van der Waals surface area contributed by atoms with Crippen molar-refractivity contribution in [3.8, 4) is 0 Å². The molecule has 0 aliphatic heterocycles. The van der Waals surface area contributed by atoms with E-state index in [1.54, 1.807) is 6.92 Å². The van der Waals surface area contributed by atoms with E-state index in [9.17, 15) is 0 Å². The smallest absolute Gasteiger partial charge is 0.235 e. The van der Waals surface area contributed by atoms with Crippen LogP contribution >= 0.6 is 0 Å². The molecular formula is C11H12N6O. The molecule has 0 radical (unpaired) electrons. The van der Waals surface area contributed by atoms with Crippen molar-refractivity contribution in [2.45, 2.75) is 13.5 Å². The van der Waals surface area contributed by atoms with Gasteiger partial charge in [0, 0.05) is 20.2 Å². The van der Waals surface area contributed by atoms with Crippen molar-refractivity contribution in [3.63, 3.8) is 0 Å². The molecule has 0 aromatic carbocycles. The van der Waals surface area contributed by atoms with E-state index in [-0.39, 0.29) is 0 Å². The van der Waals surface area contributed by atoms with E-state index in [1.807, 2.05) is 23.9 Å². The first-order chi connectivity index (χ1) is 8.74. The summed E-state index contributed by atoms with van der Waals surface area (Å²) >= 11 is 0. The summed E-state index contributed by atoms with van der Waals surface area (Å²) in [5, 5.41) is 11.8. The van der Waals surface area contributed by atoms with Gasteiger partial charge in [-0.15, -0.1) is 10.2 Å². The van der Waals surface area contributed by atoms with Gasteiger partial charge in [0.1, 0.15) is 17.8 Å². The van der Waals surface area contributed by atoms with E-state index in [0.717, 1.165) is 16.9 Å². The van der Waals surface area contributed by atoms with Crippen LogP contribution in [0.15, 0.2) is 23.0 Å². The summed E-state index contributed by atoms with van der Waals surface area (Å²) in [7, 11) is 1.94. The monoisotopic (exact) mass is 244 g/mol. The molecule has 3 aromatic rings. The molecule has 0 spiro atoms. The highest BCUT2D eigenvalue weighted by molar-refractivity contribution is 5.87. The van der Waals surface area contributed by atoms with Gasteiger partial charge >= 0.3 is 0 Å². The Kier molecular flexibility index (Phi) is 2.44. The minimum Gasteiger partial charge on any atom is -0.424 e. The van der Waals surface area contributed by atoms with Crippen LogP contribution in [0.4, 0.5) is 5.82 Å². The Labute approximate surface area is 103 Å². The minimum atomic E-state index is 0.446.